The second-order valence-corrected chi connectivity index (χ2v) is 6.63. The second kappa shape index (κ2) is 7.57. The lowest BCUT2D eigenvalue weighted by molar-refractivity contribution is 0.107. The predicted molar refractivity (Wildman–Crippen MR) is 93.9 cm³/mol. The summed E-state index contributed by atoms with van der Waals surface area (Å²) in [6, 6.07) is 9.64. The van der Waals surface area contributed by atoms with Crippen molar-refractivity contribution in [2.45, 2.75) is 32.0 Å². The minimum absolute atomic E-state index is 0.115. The lowest BCUT2D eigenvalue weighted by Crippen LogP contribution is -2.32. The van der Waals surface area contributed by atoms with Crippen LogP contribution in [0.15, 0.2) is 30.3 Å². The van der Waals surface area contributed by atoms with Crippen LogP contribution < -0.4 is 0 Å². The van der Waals surface area contributed by atoms with E-state index in [9.17, 15) is 5.11 Å². The lowest BCUT2D eigenvalue weighted by atomic mass is 10.2. The van der Waals surface area contributed by atoms with E-state index in [-0.39, 0.29) is 18.8 Å². The number of likely N-dealkylation sites (tertiary alicyclic amines) is 1. The zero-order valence-corrected chi connectivity index (χ0v) is 14.7. The van der Waals surface area contributed by atoms with Gasteiger partial charge in [-0.3, -0.25) is 4.90 Å². The first-order valence-corrected chi connectivity index (χ1v) is 8.45. The number of halogens is 1. The van der Waals surface area contributed by atoms with Crippen molar-refractivity contribution in [3.8, 4) is 11.4 Å². The summed E-state index contributed by atoms with van der Waals surface area (Å²) in [4.78, 5) is 11.5. The topological polar surface area (TPSA) is 58.5 Å². The number of aliphatic hydroxyl groups excluding tert-OH is 1. The molecule has 1 saturated heterocycles. The van der Waals surface area contributed by atoms with E-state index in [0.29, 0.717) is 17.4 Å². The molecule has 2 atom stereocenters. The summed E-state index contributed by atoms with van der Waals surface area (Å²) >= 11 is 5.95. The normalized spacial score (nSPS) is 21.3. The number of nitrogens with zero attached hydrogens (tertiary/aromatic N) is 3. The van der Waals surface area contributed by atoms with Crippen LogP contribution in [-0.4, -0.2) is 52.4 Å². The molecule has 6 heteroatoms. The Morgan fingerprint density at radius 1 is 1.29 bits per heavy atom. The number of aliphatic hydroxyl groups is 1. The summed E-state index contributed by atoms with van der Waals surface area (Å²) in [7, 11) is 1.72. The largest absolute Gasteiger partial charge is 0.395 e. The van der Waals surface area contributed by atoms with Crippen LogP contribution in [0.3, 0.4) is 0 Å². The van der Waals surface area contributed by atoms with Gasteiger partial charge in [0, 0.05) is 42.5 Å². The minimum Gasteiger partial charge on any atom is -0.395 e. The maximum absolute atomic E-state index is 9.60. The Morgan fingerprint density at radius 2 is 2.04 bits per heavy atom. The molecule has 1 N–H and O–H groups in total. The Bertz CT molecular complexity index is 693. The molecule has 2 aromatic rings. The molecule has 0 spiro atoms. The van der Waals surface area contributed by atoms with Crippen molar-refractivity contribution in [2.75, 3.05) is 20.3 Å². The fourth-order valence-corrected chi connectivity index (χ4v) is 3.27. The molecule has 128 valence electrons. The van der Waals surface area contributed by atoms with Crippen LogP contribution in [0.1, 0.15) is 17.8 Å². The van der Waals surface area contributed by atoms with E-state index in [1.54, 1.807) is 7.11 Å². The van der Waals surface area contributed by atoms with Gasteiger partial charge in [-0.05, 0) is 43.7 Å². The van der Waals surface area contributed by atoms with Gasteiger partial charge in [-0.2, -0.15) is 0 Å². The highest BCUT2D eigenvalue weighted by Gasteiger charge is 2.31. The van der Waals surface area contributed by atoms with Gasteiger partial charge in [0.25, 0.3) is 0 Å². The molecule has 24 heavy (non-hydrogen) atoms. The molecule has 1 fully saturated rings. The Morgan fingerprint density at radius 3 is 2.71 bits per heavy atom. The van der Waals surface area contributed by atoms with E-state index in [1.165, 1.54) is 0 Å². The van der Waals surface area contributed by atoms with Crippen LogP contribution in [0.25, 0.3) is 11.4 Å². The first kappa shape index (κ1) is 17.3. The standard InChI is InChI=1S/C18H22ClN3O2/c1-12-7-15(9-22-10-17(24-2)8-16(22)11-23)21-18(20-12)13-3-5-14(19)6-4-13/h3-7,16-17,23H,8-11H2,1-2H3/t16-,17+/m0/s1. The number of rotatable bonds is 5. The van der Waals surface area contributed by atoms with Crippen molar-refractivity contribution in [2.24, 2.45) is 0 Å². The van der Waals surface area contributed by atoms with Crippen molar-refractivity contribution in [1.29, 1.82) is 0 Å². The highest BCUT2D eigenvalue weighted by molar-refractivity contribution is 6.30. The lowest BCUT2D eigenvalue weighted by Gasteiger charge is -2.22. The first-order valence-electron chi connectivity index (χ1n) is 8.07. The molecular formula is C18H22ClN3O2. The molecule has 0 unspecified atom stereocenters. The van der Waals surface area contributed by atoms with Gasteiger partial charge < -0.3 is 9.84 Å². The zero-order valence-electron chi connectivity index (χ0n) is 13.9. The molecule has 1 aliphatic rings. The quantitative estimate of drug-likeness (QED) is 0.901. The van der Waals surface area contributed by atoms with Crippen molar-refractivity contribution in [1.82, 2.24) is 14.9 Å². The predicted octanol–water partition coefficient (Wildman–Crippen LogP) is 2.69. The SMILES string of the molecule is CO[C@@H]1C[C@@H](CO)N(Cc2cc(C)nc(-c3ccc(Cl)cc3)n2)C1. The Balaban J connectivity index is 1.82. The number of aryl methyl sites for hydroxylation is 1. The van der Waals surface area contributed by atoms with Crippen LogP contribution in [0, 0.1) is 6.92 Å². The van der Waals surface area contributed by atoms with E-state index in [0.717, 1.165) is 29.9 Å². The summed E-state index contributed by atoms with van der Waals surface area (Å²) < 4.78 is 5.44. The van der Waals surface area contributed by atoms with Crippen molar-refractivity contribution in [3.05, 3.63) is 46.7 Å². The highest BCUT2D eigenvalue weighted by atomic mass is 35.5. The molecule has 0 aliphatic carbocycles. The summed E-state index contributed by atoms with van der Waals surface area (Å²) in [5.74, 6) is 0.699. The van der Waals surface area contributed by atoms with E-state index < -0.39 is 0 Å². The van der Waals surface area contributed by atoms with Gasteiger partial charge in [-0.15, -0.1) is 0 Å². The molecule has 1 aliphatic heterocycles. The maximum atomic E-state index is 9.60. The molecule has 0 bridgehead atoms. The fourth-order valence-electron chi connectivity index (χ4n) is 3.14. The molecule has 1 aromatic carbocycles. The summed E-state index contributed by atoms with van der Waals surface area (Å²) in [6.45, 7) is 3.58. The Kier molecular flexibility index (Phi) is 5.46. The number of hydrogen-bond donors (Lipinski definition) is 1. The van der Waals surface area contributed by atoms with Crippen LogP contribution in [0.2, 0.25) is 5.02 Å². The highest BCUT2D eigenvalue weighted by Crippen LogP contribution is 2.23. The Labute approximate surface area is 147 Å². The number of hydrogen-bond acceptors (Lipinski definition) is 5. The van der Waals surface area contributed by atoms with Crippen LogP contribution in [-0.2, 0) is 11.3 Å². The summed E-state index contributed by atoms with van der Waals surface area (Å²) in [5.41, 5.74) is 2.81. The van der Waals surface area contributed by atoms with Gasteiger partial charge in [0.1, 0.15) is 0 Å². The molecule has 2 heterocycles. The molecular weight excluding hydrogens is 326 g/mol. The zero-order chi connectivity index (χ0) is 17.1. The van der Waals surface area contributed by atoms with Gasteiger partial charge in [-0.25, -0.2) is 9.97 Å². The third kappa shape index (κ3) is 3.92. The van der Waals surface area contributed by atoms with Crippen molar-refractivity contribution < 1.29 is 9.84 Å². The van der Waals surface area contributed by atoms with Crippen LogP contribution in [0.5, 0.6) is 0 Å². The van der Waals surface area contributed by atoms with Gasteiger partial charge in [0.2, 0.25) is 0 Å². The first-order chi connectivity index (χ1) is 11.6. The monoisotopic (exact) mass is 347 g/mol. The van der Waals surface area contributed by atoms with Crippen molar-refractivity contribution in [3.63, 3.8) is 0 Å². The van der Waals surface area contributed by atoms with Gasteiger partial charge in [0.15, 0.2) is 5.82 Å². The molecule has 3 rings (SSSR count). The molecule has 0 saturated carbocycles. The van der Waals surface area contributed by atoms with E-state index in [2.05, 4.69) is 9.88 Å². The summed E-state index contributed by atoms with van der Waals surface area (Å²) in [6.07, 6.45) is 1.02. The second-order valence-electron chi connectivity index (χ2n) is 6.19. The van der Waals surface area contributed by atoms with E-state index in [4.69, 9.17) is 21.3 Å². The van der Waals surface area contributed by atoms with Gasteiger partial charge >= 0.3 is 0 Å². The molecule has 0 amide bonds. The molecule has 0 radical (unpaired) electrons. The Hall–Kier alpha value is -1.53. The number of methoxy groups -OCH3 is 1. The fraction of sp³-hybridized carbons (Fsp3) is 0.444. The average Bonchev–Trinajstić information content (AvgIpc) is 2.97. The molecule has 1 aromatic heterocycles. The van der Waals surface area contributed by atoms with Gasteiger partial charge in [0.05, 0.1) is 18.4 Å². The van der Waals surface area contributed by atoms with Crippen LogP contribution in [0.4, 0.5) is 0 Å². The smallest absolute Gasteiger partial charge is 0.159 e. The van der Waals surface area contributed by atoms with E-state index >= 15 is 0 Å². The third-order valence-corrected chi connectivity index (χ3v) is 4.66. The number of ether oxygens (including phenoxy) is 1. The van der Waals surface area contributed by atoms with E-state index in [1.807, 2.05) is 37.3 Å². The van der Waals surface area contributed by atoms with Crippen molar-refractivity contribution >= 4 is 11.6 Å². The number of benzene rings is 1. The third-order valence-electron chi connectivity index (χ3n) is 4.41. The van der Waals surface area contributed by atoms with Crippen LogP contribution >= 0.6 is 11.6 Å². The molecule has 5 nitrogen and oxygen atoms in total. The summed E-state index contributed by atoms with van der Waals surface area (Å²) in [5, 5.41) is 10.3. The average molecular weight is 348 g/mol. The maximum Gasteiger partial charge on any atom is 0.159 e. The minimum atomic E-state index is 0.115. The van der Waals surface area contributed by atoms with Gasteiger partial charge in [-0.1, -0.05) is 11.6 Å². The number of aromatic nitrogens is 2.